The molecule has 0 bridgehead atoms. The predicted octanol–water partition coefficient (Wildman–Crippen LogP) is 4.08. The molecule has 1 aromatic heterocycles. The van der Waals surface area contributed by atoms with Crippen molar-refractivity contribution in [2.24, 2.45) is 11.3 Å². The molecule has 2 atom stereocenters. The van der Waals surface area contributed by atoms with Gasteiger partial charge in [-0.15, -0.1) is 0 Å². The Morgan fingerprint density at radius 1 is 1.59 bits per heavy atom. The molecule has 2 rings (SSSR count). The number of allylic oxidation sites excluding steroid dienone is 1. The van der Waals surface area contributed by atoms with Crippen molar-refractivity contribution in [2.45, 2.75) is 40.0 Å². The van der Waals surface area contributed by atoms with Gasteiger partial charge in [0.15, 0.2) is 5.78 Å². The summed E-state index contributed by atoms with van der Waals surface area (Å²) < 4.78 is 5.28. The van der Waals surface area contributed by atoms with E-state index in [9.17, 15) is 4.79 Å². The Kier molecular flexibility index (Phi) is 3.23. The zero-order valence-corrected chi connectivity index (χ0v) is 10.8. The molecule has 17 heavy (non-hydrogen) atoms. The summed E-state index contributed by atoms with van der Waals surface area (Å²) in [6.45, 7) is 6.38. The number of ketones is 1. The molecule has 2 nitrogen and oxygen atoms in total. The van der Waals surface area contributed by atoms with Gasteiger partial charge in [-0.2, -0.15) is 0 Å². The van der Waals surface area contributed by atoms with E-state index in [4.69, 9.17) is 4.42 Å². The highest BCUT2D eigenvalue weighted by atomic mass is 16.3. The van der Waals surface area contributed by atoms with Crippen LogP contribution in [0.2, 0.25) is 0 Å². The van der Waals surface area contributed by atoms with Crippen molar-refractivity contribution >= 4 is 11.9 Å². The van der Waals surface area contributed by atoms with Crippen molar-refractivity contribution in [3.05, 3.63) is 29.7 Å². The third-order valence-corrected chi connectivity index (χ3v) is 4.34. The van der Waals surface area contributed by atoms with Crippen LogP contribution in [-0.4, -0.2) is 5.78 Å². The summed E-state index contributed by atoms with van der Waals surface area (Å²) in [5.74, 6) is 1.55. The molecule has 1 aliphatic carbocycles. The first-order valence-corrected chi connectivity index (χ1v) is 6.37. The van der Waals surface area contributed by atoms with Crippen LogP contribution in [0.5, 0.6) is 0 Å². The SMILES string of the molecule is CCC1(C)C(=O)/C(=C\c2ccco2)CCC1C. The molecule has 0 radical (unpaired) electrons. The van der Waals surface area contributed by atoms with E-state index in [1.165, 1.54) is 0 Å². The second-order valence-corrected chi connectivity index (χ2v) is 5.22. The summed E-state index contributed by atoms with van der Waals surface area (Å²) >= 11 is 0. The first-order chi connectivity index (χ1) is 8.08. The number of hydrogen-bond acceptors (Lipinski definition) is 2. The van der Waals surface area contributed by atoms with E-state index in [2.05, 4.69) is 20.8 Å². The minimum absolute atomic E-state index is 0.198. The zero-order valence-electron chi connectivity index (χ0n) is 10.8. The Morgan fingerprint density at radius 2 is 2.35 bits per heavy atom. The van der Waals surface area contributed by atoms with Gasteiger partial charge >= 0.3 is 0 Å². The van der Waals surface area contributed by atoms with Crippen LogP contribution in [0.25, 0.3) is 6.08 Å². The molecule has 92 valence electrons. The molecular formula is C15H20O2. The Hall–Kier alpha value is -1.31. The van der Waals surface area contributed by atoms with E-state index < -0.39 is 0 Å². The normalized spacial score (nSPS) is 32.1. The second kappa shape index (κ2) is 4.52. The maximum absolute atomic E-state index is 12.5. The fraction of sp³-hybridized carbons (Fsp3) is 0.533. The predicted molar refractivity (Wildman–Crippen MR) is 68.5 cm³/mol. The number of furan rings is 1. The average molecular weight is 232 g/mol. The third-order valence-electron chi connectivity index (χ3n) is 4.34. The molecular weight excluding hydrogens is 212 g/mol. The van der Waals surface area contributed by atoms with E-state index in [1.54, 1.807) is 6.26 Å². The number of rotatable bonds is 2. The number of hydrogen-bond donors (Lipinski definition) is 0. The van der Waals surface area contributed by atoms with Gasteiger partial charge in [-0.1, -0.05) is 20.8 Å². The van der Waals surface area contributed by atoms with Crippen LogP contribution < -0.4 is 0 Å². The van der Waals surface area contributed by atoms with E-state index in [0.29, 0.717) is 11.7 Å². The van der Waals surface area contributed by atoms with Gasteiger partial charge in [-0.05, 0) is 49.0 Å². The topological polar surface area (TPSA) is 30.2 Å². The van der Waals surface area contributed by atoms with Crippen molar-refractivity contribution in [1.82, 2.24) is 0 Å². The highest BCUT2D eigenvalue weighted by Crippen LogP contribution is 2.43. The minimum Gasteiger partial charge on any atom is -0.465 e. The average Bonchev–Trinajstić information content (AvgIpc) is 2.83. The largest absolute Gasteiger partial charge is 0.465 e. The molecule has 1 fully saturated rings. The van der Waals surface area contributed by atoms with Gasteiger partial charge in [0, 0.05) is 5.41 Å². The van der Waals surface area contributed by atoms with E-state index in [-0.39, 0.29) is 5.41 Å². The molecule has 1 aromatic rings. The summed E-state index contributed by atoms with van der Waals surface area (Å²) in [7, 11) is 0. The standard InChI is InChI=1S/C15H20O2/c1-4-15(3)11(2)7-8-12(14(15)16)10-13-6-5-9-17-13/h5-6,9-11H,4,7-8H2,1-3H3/b12-10-. The molecule has 1 aliphatic rings. The fourth-order valence-electron chi connectivity index (χ4n) is 2.59. The summed E-state index contributed by atoms with van der Waals surface area (Å²) in [4.78, 5) is 12.5. The van der Waals surface area contributed by atoms with Crippen LogP contribution in [0.1, 0.15) is 45.8 Å². The van der Waals surface area contributed by atoms with Gasteiger partial charge in [0.25, 0.3) is 0 Å². The minimum atomic E-state index is -0.198. The van der Waals surface area contributed by atoms with Gasteiger partial charge in [0.2, 0.25) is 0 Å². The molecule has 2 unspecified atom stereocenters. The monoisotopic (exact) mass is 232 g/mol. The van der Waals surface area contributed by atoms with Crippen LogP contribution in [0.3, 0.4) is 0 Å². The lowest BCUT2D eigenvalue weighted by Gasteiger charge is -2.38. The second-order valence-electron chi connectivity index (χ2n) is 5.22. The van der Waals surface area contributed by atoms with E-state index in [0.717, 1.165) is 30.6 Å². The summed E-state index contributed by atoms with van der Waals surface area (Å²) in [6, 6.07) is 3.74. The molecule has 0 spiro atoms. The summed E-state index contributed by atoms with van der Waals surface area (Å²) in [5, 5.41) is 0. The molecule has 1 saturated carbocycles. The lowest BCUT2D eigenvalue weighted by Crippen LogP contribution is -2.38. The molecule has 0 saturated heterocycles. The summed E-state index contributed by atoms with van der Waals surface area (Å²) in [5.41, 5.74) is 0.721. The molecule has 0 N–H and O–H groups in total. The van der Waals surface area contributed by atoms with Crippen molar-refractivity contribution in [2.75, 3.05) is 0 Å². The maximum atomic E-state index is 12.5. The van der Waals surface area contributed by atoms with Gasteiger partial charge in [0.1, 0.15) is 5.76 Å². The first-order valence-electron chi connectivity index (χ1n) is 6.37. The Bertz CT molecular complexity index is 428. The highest BCUT2D eigenvalue weighted by Gasteiger charge is 2.41. The number of carbonyl (C=O) groups excluding carboxylic acids is 1. The van der Waals surface area contributed by atoms with Crippen LogP contribution in [-0.2, 0) is 4.79 Å². The van der Waals surface area contributed by atoms with Crippen molar-refractivity contribution in [3.8, 4) is 0 Å². The fourth-order valence-corrected chi connectivity index (χ4v) is 2.59. The zero-order chi connectivity index (χ0) is 12.5. The molecule has 2 heteroatoms. The lowest BCUT2D eigenvalue weighted by atomic mass is 9.64. The molecule has 1 heterocycles. The van der Waals surface area contributed by atoms with Crippen molar-refractivity contribution in [1.29, 1.82) is 0 Å². The Labute approximate surface area is 103 Å². The quantitative estimate of drug-likeness (QED) is 0.719. The first kappa shape index (κ1) is 12.2. The van der Waals surface area contributed by atoms with Crippen LogP contribution in [0.15, 0.2) is 28.4 Å². The van der Waals surface area contributed by atoms with Gasteiger partial charge in [-0.3, -0.25) is 4.79 Å². The van der Waals surface area contributed by atoms with Crippen molar-refractivity contribution < 1.29 is 9.21 Å². The summed E-state index contributed by atoms with van der Waals surface area (Å²) in [6.07, 6.45) is 6.41. The van der Waals surface area contributed by atoms with E-state index in [1.807, 2.05) is 18.2 Å². The molecule has 0 amide bonds. The third kappa shape index (κ3) is 2.08. The number of carbonyl (C=O) groups is 1. The Morgan fingerprint density at radius 3 is 2.94 bits per heavy atom. The highest BCUT2D eigenvalue weighted by molar-refractivity contribution is 6.03. The maximum Gasteiger partial charge on any atom is 0.165 e. The van der Waals surface area contributed by atoms with Crippen LogP contribution in [0.4, 0.5) is 0 Å². The smallest absolute Gasteiger partial charge is 0.165 e. The number of Topliss-reactive ketones (excluding diaryl/α,β-unsaturated/α-hetero) is 1. The van der Waals surface area contributed by atoms with Gasteiger partial charge in [0.05, 0.1) is 6.26 Å². The van der Waals surface area contributed by atoms with Crippen LogP contribution >= 0.6 is 0 Å². The Balaban J connectivity index is 2.30. The lowest BCUT2D eigenvalue weighted by molar-refractivity contribution is -0.128. The van der Waals surface area contributed by atoms with Gasteiger partial charge < -0.3 is 4.42 Å². The van der Waals surface area contributed by atoms with Crippen molar-refractivity contribution in [3.63, 3.8) is 0 Å². The van der Waals surface area contributed by atoms with Gasteiger partial charge in [-0.25, -0.2) is 0 Å². The molecule has 0 aromatic carbocycles. The molecule has 0 aliphatic heterocycles. The van der Waals surface area contributed by atoms with Crippen LogP contribution in [0, 0.1) is 11.3 Å². The van der Waals surface area contributed by atoms with E-state index >= 15 is 0 Å².